The minimum Gasteiger partial charge on any atom is -0.452 e. The molecule has 0 heterocycles. The number of halogens is 1. The number of esters is 1. The first-order valence-electron chi connectivity index (χ1n) is 6.54. The molecule has 22 heavy (non-hydrogen) atoms. The largest absolute Gasteiger partial charge is 0.452 e. The van der Waals surface area contributed by atoms with Crippen LogP contribution in [0.25, 0.3) is 0 Å². The summed E-state index contributed by atoms with van der Waals surface area (Å²) in [6, 6.07) is 11.4. The SMILES string of the molecule is Cc1cc(Cl)ccc1NC(=O)COC(=O)c1ccc(N)cc1. The van der Waals surface area contributed by atoms with E-state index in [1.165, 1.54) is 0 Å². The van der Waals surface area contributed by atoms with Gasteiger partial charge in [0.25, 0.3) is 5.91 Å². The van der Waals surface area contributed by atoms with E-state index in [4.69, 9.17) is 22.1 Å². The lowest BCUT2D eigenvalue weighted by atomic mass is 10.2. The van der Waals surface area contributed by atoms with E-state index in [0.29, 0.717) is 22.0 Å². The van der Waals surface area contributed by atoms with Gasteiger partial charge in [0.05, 0.1) is 5.56 Å². The highest BCUT2D eigenvalue weighted by molar-refractivity contribution is 6.30. The van der Waals surface area contributed by atoms with Gasteiger partial charge in [-0.3, -0.25) is 4.79 Å². The molecular formula is C16H15ClN2O3. The van der Waals surface area contributed by atoms with Crippen LogP contribution < -0.4 is 11.1 Å². The maximum Gasteiger partial charge on any atom is 0.338 e. The molecule has 0 radical (unpaired) electrons. The molecule has 0 atom stereocenters. The predicted molar refractivity (Wildman–Crippen MR) is 86.0 cm³/mol. The molecule has 0 aliphatic heterocycles. The van der Waals surface area contributed by atoms with Gasteiger partial charge in [0.15, 0.2) is 6.61 Å². The number of rotatable bonds is 4. The van der Waals surface area contributed by atoms with Crippen LogP contribution in [0.2, 0.25) is 5.02 Å². The fourth-order valence-electron chi connectivity index (χ4n) is 1.79. The highest BCUT2D eigenvalue weighted by Crippen LogP contribution is 2.19. The second-order valence-corrected chi connectivity index (χ2v) is 5.14. The lowest BCUT2D eigenvalue weighted by Crippen LogP contribution is -2.21. The van der Waals surface area contributed by atoms with Crippen LogP contribution in [0, 0.1) is 6.92 Å². The Morgan fingerprint density at radius 1 is 1.18 bits per heavy atom. The summed E-state index contributed by atoms with van der Waals surface area (Å²) in [6.07, 6.45) is 0. The van der Waals surface area contributed by atoms with Gasteiger partial charge >= 0.3 is 5.97 Å². The summed E-state index contributed by atoms with van der Waals surface area (Å²) in [5.41, 5.74) is 7.87. The third kappa shape index (κ3) is 4.23. The van der Waals surface area contributed by atoms with Crippen LogP contribution in [0.1, 0.15) is 15.9 Å². The minimum atomic E-state index is -0.581. The number of nitrogen functional groups attached to an aromatic ring is 1. The van der Waals surface area contributed by atoms with Crippen molar-refractivity contribution in [2.75, 3.05) is 17.7 Å². The van der Waals surface area contributed by atoms with E-state index in [1.807, 2.05) is 6.92 Å². The normalized spacial score (nSPS) is 10.1. The first-order valence-corrected chi connectivity index (χ1v) is 6.92. The van der Waals surface area contributed by atoms with E-state index in [2.05, 4.69) is 5.32 Å². The molecule has 1 amide bonds. The predicted octanol–water partition coefficient (Wildman–Crippen LogP) is 3.03. The Balaban J connectivity index is 1.89. The van der Waals surface area contributed by atoms with E-state index < -0.39 is 11.9 Å². The second kappa shape index (κ2) is 6.95. The van der Waals surface area contributed by atoms with Crippen LogP contribution in [0.5, 0.6) is 0 Å². The minimum absolute atomic E-state index is 0.338. The number of benzene rings is 2. The second-order valence-electron chi connectivity index (χ2n) is 4.71. The Bertz CT molecular complexity index is 699. The Hall–Kier alpha value is -2.53. The summed E-state index contributed by atoms with van der Waals surface area (Å²) >= 11 is 5.84. The van der Waals surface area contributed by atoms with E-state index in [9.17, 15) is 9.59 Å². The summed E-state index contributed by atoms with van der Waals surface area (Å²) in [7, 11) is 0. The van der Waals surface area contributed by atoms with Gasteiger partial charge in [-0.1, -0.05) is 11.6 Å². The van der Waals surface area contributed by atoms with E-state index in [-0.39, 0.29) is 6.61 Å². The van der Waals surface area contributed by atoms with Gasteiger partial charge in [0, 0.05) is 16.4 Å². The molecule has 2 rings (SSSR count). The zero-order valence-corrected chi connectivity index (χ0v) is 12.7. The molecule has 0 spiro atoms. The van der Waals surface area contributed by atoms with Crippen LogP contribution >= 0.6 is 11.6 Å². The quantitative estimate of drug-likeness (QED) is 0.670. The van der Waals surface area contributed by atoms with Crippen LogP contribution in [0.3, 0.4) is 0 Å². The molecule has 0 fully saturated rings. The third-order valence-corrected chi connectivity index (χ3v) is 3.18. The highest BCUT2D eigenvalue weighted by Gasteiger charge is 2.11. The first-order chi connectivity index (χ1) is 10.5. The lowest BCUT2D eigenvalue weighted by Gasteiger charge is -2.09. The number of nitrogens with one attached hydrogen (secondary N) is 1. The van der Waals surface area contributed by atoms with E-state index in [1.54, 1.807) is 42.5 Å². The number of anilines is 2. The van der Waals surface area contributed by atoms with Crippen molar-refractivity contribution in [2.45, 2.75) is 6.92 Å². The van der Waals surface area contributed by atoms with Gasteiger partial charge in [-0.2, -0.15) is 0 Å². The Kier molecular flexibility index (Phi) is 5.01. The molecule has 0 aromatic heterocycles. The van der Waals surface area contributed by atoms with Gasteiger partial charge < -0.3 is 15.8 Å². The van der Waals surface area contributed by atoms with Crippen molar-refractivity contribution in [3.05, 3.63) is 58.6 Å². The monoisotopic (exact) mass is 318 g/mol. The summed E-state index contributed by atoms with van der Waals surface area (Å²) < 4.78 is 4.95. The Labute approximate surface area is 133 Å². The summed E-state index contributed by atoms with van der Waals surface area (Å²) in [5.74, 6) is -1.00. The molecular weight excluding hydrogens is 304 g/mol. The molecule has 5 nitrogen and oxygen atoms in total. The van der Waals surface area contributed by atoms with Gasteiger partial charge in [-0.15, -0.1) is 0 Å². The van der Waals surface area contributed by atoms with Crippen molar-refractivity contribution in [2.24, 2.45) is 0 Å². The number of carbonyl (C=O) groups is 2. The number of nitrogens with two attached hydrogens (primary N) is 1. The highest BCUT2D eigenvalue weighted by atomic mass is 35.5. The van der Waals surface area contributed by atoms with Crippen molar-refractivity contribution in [3.8, 4) is 0 Å². The standard InChI is InChI=1S/C16H15ClN2O3/c1-10-8-12(17)4-7-14(10)19-15(20)9-22-16(21)11-2-5-13(18)6-3-11/h2-8H,9,18H2,1H3,(H,19,20). The van der Waals surface area contributed by atoms with Crippen LogP contribution in [-0.2, 0) is 9.53 Å². The summed E-state index contributed by atoms with van der Waals surface area (Å²) in [6.45, 7) is 1.45. The van der Waals surface area contributed by atoms with Crippen molar-refractivity contribution in [1.29, 1.82) is 0 Å². The van der Waals surface area contributed by atoms with Gasteiger partial charge in [0.1, 0.15) is 0 Å². The number of hydrogen-bond donors (Lipinski definition) is 2. The molecule has 0 saturated carbocycles. The fourth-order valence-corrected chi connectivity index (χ4v) is 2.01. The Morgan fingerprint density at radius 2 is 1.86 bits per heavy atom. The molecule has 2 aromatic carbocycles. The number of carbonyl (C=O) groups excluding carboxylic acids is 2. The molecule has 3 N–H and O–H groups in total. The molecule has 0 aliphatic carbocycles. The van der Waals surface area contributed by atoms with Crippen LogP contribution in [0.4, 0.5) is 11.4 Å². The van der Waals surface area contributed by atoms with Crippen molar-refractivity contribution >= 4 is 34.9 Å². The number of amides is 1. The zero-order valence-electron chi connectivity index (χ0n) is 11.9. The van der Waals surface area contributed by atoms with E-state index in [0.717, 1.165) is 5.56 Å². The number of ether oxygens (including phenoxy) is 1. The number of aryl methyl sites for hydroxylation is 1. The van der Waals surface area contributed by atoms with E-state index >= 15 is 0 Å². The number of hydrogen-bond acceptors (Lipinski definition) is 4. The van der Waals surface area contributed by atoms with Gasteiger partial charge in [-0.05, 0) is 55.0 Å². The molecule has 2 aromatic rings. The fraction of sp³-hybridized carbons (Fsp3) is 0.125. The molecule has 6 heteroatoms. The van der Waals surface area contributed by atoms with Crippen molar-refractivity contribution in [3.63, 3.8) is 0 Å². The average molecular weight is 319 g/mol. The van der Waals surface area contributed by atoms with Crippen molar-refractivity contribution in [1.82, 2.24) is 0 Å². The topological polar surface area (TPSA) is 81.4 Å². The maximum absolute atomic E-state index is 11.8. The van der Waals surface area contributed by atoms with Crippen LogP contribution in [0.15, 0.2) is 42.5 Å². The third-order valence-electron chi connectivity index (χ3n) is 2.94. The van der Waals surface area contributed by atoms with Gasteiger partial charge in [0.2, 0.25) is 0 Å². The molecule has 0 aliphatic rings. The zero-order chi connectivity index (χ0) is 16.1. The molecule has 0 unspecified atom stereocenters. The smallest absolute Gasteiger partial charge is 0.338 e. The van der Waals surface area contributed by atoms with Gasteiger partial charge in [-0.25, -0.2) is 4.79 Å². The average Bonchev–Trinajstić information content (AvgIpc) is 2.48. The molecule has 114 valence electrons. The maximum atomic E-state index is 11.8. The Morgan fingerprint density at radius 3 is 2.50 bits per heavy atom. The van der Waals surface area contributed by atoms with Crippen molar-refractivity contribution < 1.29 is 14.3 Å². The summed E-state index contributed by atoms with van der Waals surface area (Å²) in [5, 5.41) is 3.25. The molecule has 0 saturated heterocycles. The summed E-state index contributed by atoms with van der Waals surface area (Å²) in [4.78, 5) is 23.6. The van der Waals surface area contributed by atoms with Crippen LogP contribution in [-0.4, -0.2) is 18.5 Å². The lowest BCUT2D eigenvalue weighted by molar-refractivity contribution is -0.119. The molecule has 0 bridgehead atoms. The first kappa shape index (κ1) is 15.9.